The predicted octanol–water partition coefficient (Wildman–Crippen LogP) is 6.83. The number of cyclic esters (lactones) is 4. The summed E-state index contributed by atoms with van der Waals surface area (Å²) in [6.07, 6.45) is -12.7. The number of phosphoric ester groups is 1. The maximum absolute atomic E-state index is 13.5. The molecule has 0 radical (unpaired) electrons. The number of Topliss-reactive ketones (excluding diaryl/α,β-unsaturated/α-hetero) is 4. The van der Waals surface area contributed by atoms with Gasteiger partial charge in [-0.15, -0.1) is 0 Å². The number of carbonyl (C=O) groups excluding carboxylic acids is 16. The summed E-state index contributed by atoms with van der Waals surface area (Å²) in [6, 6.07) is 18.0. The van der Waals surface area contributed by atoms with Crippen molar-refractivity contribution >= 4 is 126 Å². The van der Waals surface area contributed by atoms with Crippen LogP contribution in [0.2, 0.25) is 0 Å². The second-order valence-electron chi connectivity index (χ2n) is 30.1. The van der Waals surface area contributed by atoms with E-state index < -0.39 is 212 Å². The number of nitrogens with zero attached hydrogens (tertiary/aromatic N) is 6. The number of hydrogen-bond acceptors (Lipinski definition) is 40. The number of phosphoric acid groups is 1. The van der Waals surface area contributed by atoms with Gasteiger partial charge in [0.2, 0.25) is 24.4 Å². The molecule has 0 fully saturated rings. The fourth-order valence-corrected chi connectivity index (χ4v) is 15.6. The lowest BCUT2D eigenvalue weighted by Gasteiger charge is -2.29. The van der Waals surface area contributed by atoms with Gasteiger partial charge in [0.15, 0.2) is 47.5 Å². The van der Waals surface area contributed by atoms with Crippen LogP contribution in [0.25, 0.3) is 0 Å². The molecule has 0 aromatic heterocycles. The van der Waals surface area contributed by atoms with Gasteiger partial charge in [0, 0.05) is 51.4 Å². The van der Waals surface area contributed by atoms with Gasteiger partial charge in [-0.1, -0.05) is 88.4 Å². The summed E-state index contributed by atoms with van der Waals surface area (Å²) in [5.41, 5.74) is 1.49. The van der Waals surface area contributed by atoms with Gasteiger partial charge in [-0.3, -0.25) is 48.1 Å². The Balaban J connectivity index is 0.000000464. The highest BCUT2D eigenvalue weighted by Gasteiger charge is 2.53. The second kappa shape index (κ2) is 55.5. The third-order valence-electron chi connectivity index (χ3n) is 18.0. The Kier molecular flexibility index (Phi) is 48.4. The van der Waals surface area contributed by atoms with E-state index in [0.29, 0.717) is 0 Å². The fourth-order valence-electron chi connectivity index (χ4n) is 10.8. The SMILES string of the molecule is CCC(=O)OCC(OC(=O)CCC(C)=O)C1OC(=O)C(OP(=O)(N(C)C)N(C)C)=C1O.CCC(=O)OCC(OC(=O)CCC(C)=O)C1OC(=O)C(OP(=O)(N(C)C)N(C)C)=C1OCc1ccccc1.CCC(=O)OCC(OC(=O)CCC(C)=O)C1OC(=O)C(OP(=O)(N(C)C)N(C)C)=C1OCc1ccccc1.CCC(=O)OCC(OC(=O)CCC(C)=O)C1OC(=O)C(OP(=O)(O)O)=C1O. The largest absolute Gasteiger partial charge is 0.525 e. The molecule has 0 saturated heterocycles. The molecule has 2 aromatic carbocycles. The van der Waals surface area contributed by atoms with Crippen molar-refractivity contribution in [3.8, 4) is 0 Å². The maximum atomic E-state index is 13.5. The lowest BCUT2D eigenvalue weighted by molar-refractivity contribution is -0.171. The number of hydrogen-bond donors (Lipinski definition) is 4. The molecule has 6 rings (SSSR count). The van der Waals surface area contributed by atoms with Crippen LogP contribution in [0.5, 0.6) is 0 Å². The number of aliphatic hydroxyl groups is 2. The fraction of sp³-hybridized carbons (Fsp3) is 0.561. The summed E-state index contributed by atoms with van der Waals surface area (Å²) in [6.45, 7) is 9.35. The third-order valence-corrected chi connectivity index (χ3v) is 25.7. The molecule has 4 aliphatic heterocycles. The average Bonchev–Trinajstić information content (AvgIpc) is 1.61. The van der Waals surface area contributed by atoms with Crippen LogP contribution in [0, 0.1) is 0 Å². The van der Waals surface area contributed by atoms with Crippen molar-refractivity contribution in [3.63, 3.8) is 0 Å². The summed E-state index contributed by atoms with van der Waals surface area (Å²) < 4.78 is 153. The zero-order chi connectivity index (χ0) is 102. The summed E-state index contributed by atoms with van der Waals surface area (Å²) >= 11 is 0. The van der Waals surface area contributed by atoms with Gasteiger partial charge in [0.05, 0.1) is 25.7 Å². The number of esters is 12. The van der Waals surface area contributed by atoms with E-state index in [-0.39, 0.29) is 125 Å². The molecule has 48 nitrogen and oxygen atoms in total. The first kappa shape index (κ1) is 117. The Labute approximate surface area is 773 Å². The minimum atomic E-state index is -5.18. The van der Waals surface area contributed by atoms with Crippen molar-refractivity contribution in [1.29, 1.82) is 0 Å². The Morgan fingerprint density at radius 1 is 0.328 bits per heavy atom. The number of rotatable bonds is 52. The Hall–Kier alpha value is -11.3. The molecule has 4 heterocycles. The lowest BCUT2D eigenvalue weighted by Crippen LogP contribution is -2.38. The molecular weight excluding hydrogens is 1860 g/mol. The standard InChI is InChI=1S/2C25H35N2O10P.C18H29N2O10P.C14H19O12P/c2*1-7-20(29)33-16-19(35-21(30)14-13-17(2)28)22-23(34-15-18-11-9-8-10-12-18)24(25(31)36-22)37-38(32,26(3)4)27(5)6;1-7-13(22)27-10-12(28-14(23)9-8-11(2)21)16-15(24)17(18(25)29-16)30-31(26,19(3)4)20(5)6;1-3-9(16)23-6-8(24-10(17)5-4-7(2)15)12-11(18)13(14(19)25-12)26-27(20,21)22/h2*8-12,19,22H,7,13-16H2,1-6H3;12,16,24H,7-10H2,1-6H3;8,12,18H,3-6H2,1-2H3,(H2,20,21,22). The zero-order valence-corrected chi connectivity index (χ0v) is 81.5. The predicted molar refractivity (Wildman–Crippen MR) is 461 cm³/mol. The van der Waals surface area contributed by atoms with Crippen LogP contribution < -0.4 is 0 Å². The van der Waals surface area contributed by atoms with Crippen LogP contribution in [0.4, 0.5) is 0 Å². The van der Waals surface area contributed by atoms with Gasteiger partial charge in [0.1, 0.15) is 62.8 Å². The zero-order valence-electron chi connectivity index (χ0n) is 77.9. The molecule has 4 aliphatic rings. The molecule has 0 bridgehead atoms. The van der Waals surface area contributed by atoms with Crippen LogP contribution in [0.1, 0.15) is 144 Å². The van der Waals surface area contributed by atoms with Crippen molar-refractivity contribution < 1.29 is 199 Å². The molecule has 0 spiro atoms. The van der Waals surface area contributed by atoms with E-state index in [2.05, 4.69) is 4.52 Å². The molecule has 134 heavy (non-hydrogen) atoms. The van der Waals surface area contributed by atoms with Gasteiger partial charge in [-0.25, -0.2) is 65.5 Å². The normalized spacial score (nSPS) is 16.9. The van der Waals surface area contributed by atoms with E-state index in [4.69, 9.17) is 89.7 Å². The topological polar surface area (TPSA) is 608 Å². The lowest BCUT2D eigenvalue weighted by atomic mass is 10.1. The number of ketones is 4. The van der Waals surface area contributed by atoms with Crippen LogP contribution in [0.3, 0.4) is 0 Å². The van der Waals surface area contributed by atoms with E-state index in [1.54, 1.807) is 69.3 Å². The minimum Gasteiger partial charge on any atom is -0.505 e. The first-order valence-electron chi connectivity index (χ1n) is 41.2. The van der Waals surface area contributed by atoms with Crippen molar-refractivity contribution in [2.45, 2.75) is 194 Å². The Bertz CT molecular complexity index is 4620. The first-order valence-corrected chi connectivity index (χ1v) is 47.3. The van der Waals surface area contributed by atoms with Crippen molar-refractivity contribution in [2.75, 3.05) is 111 Å². The highest BCUT2D eigenvalue weighted by atomic mass is 31.2. The van der Waals surface area contributed by atoms with Gasteiger partial charge < -0.3 is 114 Å². The van der Waals surface area contributed by atoms with E-state index in [1.807, 2.05) is 12.1 Å². The third kappa shape index (κ3) is 37.5. The minimum absolute atomic E-state index is 0.0101. The highest BCUT2D eigenvalue weighted by molar-refractivity contribution is 7.54. The van der Waals surface area contributed by atoms with Gasteiger partial charge in [-0.05, 0) is 123 Å². The molecule has 2 aromatic rings. The second-order valence-corrected chi connectivity index (χ2v) is 39.6. The Morgan fingerprint density at radius 3 is 0.769 bits per heavy atom. The van der Waals surface area contributed by atoms with Crippen molar-refractivity contribution in [1.82, 2.24) is 28.0 Å². The molecule has 8 atom stereocenters. The van der Waals surface area contributed by atoms with E-state index >= 15 is 0 Å². The summed E-state index contributed by atoms with van der Waals surface area (Å²) in [4.78, 5) is 208. The van der Waals surface area contributed by atoms with Crippen molar-refractivity contribution in [3.05, 3.63) is 118 Å². The molecule has 8 unspecified atom stereocenters. The smallest absolute Gasteiger partial charge is 0.505 e. The van der Waals surface area contributed by atoms with Crippen LogP contribution in [0.15, 0.2) is 107 Å². The maximum Gasteiger partial charge on any atom is 0.525 e. The number of carbonyl (C=O) groups is 16. The summed E-state index contributed by atoms with van der Waals surface area (Å²) in [5.74, 6) is -16.1. The van der Waals surface area contributed by atoms with Gasteiger partial charge in [-0.2, -0.15) is 0 Å². The van der Waals surface area contributed by atoms with Gasteiger partial charge in [0.25, 0.3) is 23.0 Å². The molecule has 748 valence electrons. The quantitative estimate of drug-likeness (QED) is 0.0299. The van der Waals surface area contributed by atoms with E-state index in [1.165, 1.54) is 147 Å². The van der Waals surface area contributed by atoms with Crippen LogP contribution >= 0.6 is 30.8 Å². The number of benzene rings is 2. The highest BCUT2D eigenvalue weighted by Crippen LogP contribution is 2.57. The van der Waals surface area contributed by atoms with E-state index in [9.17, 15) is 105 Å². The molecule has 0 saturated carbocycles. The van der Waals surface area contributed by atoms with Crippen LogP contribution in [-0.4, -0.2) is 303 Å². The number of ether oxygens (including phenoxy) is 14. The monoisotopic (exact) mass is 1980 g/mol. The van der Waals surface area contributed by atoms with Crippen molar-refractivity contribution in [2.24, 2.45) is 0 Å². The summed E-state index contributed by atoms with van der Waals surface area (Å²) in [7, 11) is 1.66. The molecule has 4 N–H and O–H groups in total. The molecule has 0 aliphatic carbocycles. The first-order chi connectivity index (χ1) is 62.5. The molecule has 0 amide bonds. The molecule has 52 heteroatoms. The van der Waals surface area contributed by atoms with E-state index in [0.717, 1.165) is 11.1 Å². The Morgan fingerprint density at radius 2 is 0.545 bits per heavy atom. The number of aliphatic hydroxyl groups excluding tert-OH is 2. The van der Waals surface area contributed by atoms with Gasteiger partial charge >= 0.3 is 102 Å². The summed E-state index contributed by atoms with van der Waals surface area (Å²) in [5, 5.41) is 20.5. The average molecular weight is 1980 g/mol. The molecular formula is C82H118N6O42P4. The van der Waals surface area contributed by atoms with Crippen LogP contribution in [-0.2, 0) is 193 Å².